The predicted molar refractivity (Wildman–Crippen MR) is 544 cm³/mol. The summed E-state index contributed by atoms with van der Waals surface area (Å²) in [5.41, 5.74) is 5.67. The van der Waals surface area contributed by atoms with Gasteiger partial charge < -0.3 is 11.1 Å². The summed E-state index contributed by atoms with van der Waals surface area (Å²) in [7, 11) is -10.7. The lowest BCUT2D eigenvalue weighted by molar-refractivity contribution is -0.388. The Bertz CT molecular complexity index is 5050. The summed E-state index contributed by atoms with van der Waals surface area (Å²) in [6, 6.07) is 0.356. The molecule has 732 valence electrons. The van der Waals surface area contributed by atoms with E-state index in [1.807, 2.05) is 96.9 Å². The van der Waals surface area contributed by atoms with Gasteiger partial charge >= 0.3 is 28.4 Å². The van der Waals surface area contributed by atoms with Crippen molar-refractivity contribution in [2.75, 3.05) is 36.1 Å². The Morgan fingerprint density at radius 1 is 0.438 bits per heavy atom. The molecule has 0 saturated carbocycles. The first-order valence-corrected chi connectivity index (χ1v) is 50.1. The number of H-pyrrole nitrogens is 1. The number of aromatic nitrogens is 18. The van der Waals surface area contributed by atoms with Crippen LogP contribution in [0.5, 0.6) is 0 Å². The molecule has 0 radical (unpaired) electrons. The van der Waals surface area contributed by atoms with E-state index in [1.54, 1.807) is 97.7 Å². The molecule has 128 heavy (non-hydrogen) atoms. The fourth-order valence-electron chi connectivity index (χ4n) is 7.18. The first-order chi connectivity index (χ1) is 58.1. The van der Waals surface area contributed by atoms with Crippen LogP contribution in [0.4, 0.5) is 45.6 Å². The van der Waals surface area contributed by atoms with E-state index in [4.69, 9.17) is 75.3 Å². The molecule has 9 aromatic rings. The fourth-order valence-corrected chi connectivity index (χ4v) is 12.1. The zero-order chi connectivity index (χ0) is 99.8. The second-order valence-electron chi connectivity index (χ2n) is 27.4. The normalized spacial score (nSPS) is 10.5. The number of hydrogen-bond donors (Lipinski definition) is 8. The van der Waals surface area contributed by atoms with E-state index in [9.17, 15) is 75.8 Å². The molecule has 0 aliphatic rings. The number of hydrogen-bond acceptors (Lipinski definition) is 35. The highest BCUT2D eigenvalue weighted by molar-refractivity contribution is 14.1. The van der Waals surface area contributed by atoms with E-state index < -0.39 is 75.7 Å². The highest BCUT2D eigenvalue weighted by Gasteiger charge is 2.34. The molecule has 41 nitrogen and oxygen atoms in total. The summed E-state index contributed by atoms with van der Waals surface area (Å²) in [6.07, 6.45) is 21.6. The number of nitrogens with two attached hydrogens (primary N) is 1. The van der Waals surface area contributed by atoms with Crippen LogP contribution in [0, 0.1) is 50.6 Å². The first kappa shape index (κ1) is 135. The maximum absolute atomic E-state index is 12.5. The number of anilines is 3. The summed E-state index contributed by atoms with van der Waals surface area (Å²) in [4.78, 5) is 64.2. The molecule has 9 rings (SSSR count). The smallest absolute Gasteiger partial charge is 0.326 e. The monoisotopic (exact) mass is 2210 g/mol. The number of aromatic amines is 1. The number of nitrogens with zero attached hydrogens (tertiary/aromatic N) is 22. The zero-order valence-corrected chi connectivity index (χ0v) is 89.2. The minimum Gasteiger partial charge on any atom is -0.395 e. The summed E-state index contributed by atoms with van der Waals surface area (Å²) in [5, 5.41) is 84.0. The minimum atomic E-state index is -3.74. The Balaban J connectivity index is -0.000000258. The Labute approximate surface area is 826 Å². The van der Waals surface area contributed by atoms with Gasteiger partial charge in [-0.1, -0.05) is 137 Å². The standard InChI is InChI=1S/C13H17Cl2N5O2S.C9H15N3O4S.C9H15N3O2S.C9H17N3O2S.C6H8ClN3O2.C6H9N3O2.C4HCl3N2.C3H7I.C3H3N3O2.C3H8S.4CH4S.2CH4/c1-7(2)20-6-10(12(19-20)23(21,22)8(3)4)17-11-9(14)5-16-13(15)18-11;1-6(2)11-5-8(12(13)14)9(10-11)17(15,16)7(3)4;1-6(2)11-5-8(12(13)14)9(10-11)15-7(3)4;1-6(2)12-5-8(10)9(11-12)15(13,14)7(3)4;1-4(2)9-3-5(10(11)12)6(7)8-9;1-5(2)8-4-6(3-7-8)9(10)11;5-2-1-8-4(7)9-3(2)6;1-3(2)4;7-6(8)3-1-4-5-2-3;1-3(2)4;4*1-2;;/h5-8H,1-4H3,(H,16,17,18);5-7H,1-4H3;5-7H,1-4H3;5-7H,10H2,1-4H3;3-4H,1-2H3;3-5H,1-2H3;1H;3H,1-2H3;1-2H,(H,4,5);3-4H,1-2H3;4*2H,1H3;2*1H4. The van der Waals surface area contributed by atoms with Crippen molar-refractivity contribution >= 4 is 242 Å². The Hall–Kier alpha value is -6.35. The topological polar surface area (TPSA) is 543 Å². The van der Waals surface area contributed by atoms with Crippen molar-refractivity contribution in [3.63, 3.8) is 0 Å². The van der Waals surface area contributed by atoms with Crippen LogP contribution < -0.4 is 11.1 Å². The number of nitro groups is 5. The van der Waals surface area contributed by atoms with Crippen LogP contribution in [-0.4, -0.2) is 194 Å². The SMILES string of the molecule is C.C.CC(C)I.CC(C)S.CC(C)Sc1nn(C(C)C)cc1[N+](=O)[O-].CC(C)n1cc(N)c(S(=O)(=O)C(C)C)n1.CC(C)n1cc(Nc2nc(Cl)ncc2Cl)c(S(=O)(=O)C(C)C)n1.CC(C)n1cc([N+](=O)[O-])c(Cl)n1.CC(C)n1cc([N+](=O)[O-])c(S(=O)(=O)C(C)C)n1.CC(C)n1cc([N+](=O)[O-])cn1.CS.CS.CS.CS.Clc1ncc(Cl)c(Cl)n1.O=[N+]([O-])c1cn[nH]c1. The lowest BCUT2D eigenvalue weighted by Crippen LogP contribution is -2.16. The fraction of sp³-hybridized carbons (Fsp3) is 0.592. The number of thioether (sulfide) groups is 1. The summed E-state index contributed by atoms with van der Waals surface area (Å²) in [5.74, 6) is 0.218. The molecule has 0 fully saturated rings. The van der Waals surface area contributed by atoms with Crippen molar-refractivity contribution in [2.24, 2.45) is 0 Å². The number of halogens is 7. The van der Waals surface area contributed by atoms with Gasteiger partial charge in [-0.15, -0.1) is 0 Å². The largest absolute Gasteiger partial charge is 0.395 e. The van der Waals surface area contributed by atoms with Gasteiger partial charge in [0.05, 0.1) is 81.6 Å². The maximum Gasteiger partial charge on any atom is 0.326 e. The van der Waals surface area contributed by atoms with Gasteiger partial charge in [-0.2, -0.15) is 104 Å². The van der Waals surface area contributed by atoms with Gasteiger partial charge in [0, 0.05) is 51.6 Å². The molecule has 0 unspecified atom stereocenters. The number of rotatable bonds is 21. The molecule has 0 aliphatic heterocycles. The molecule has 0 atom stereocenters. The van der Waals surface area contributed by atoms with Crippen LogP contribution in [0.25, 0.3) is 0 Å². The molecular formula is C71H124Cl6IN25O16S9. The zero-order valence-electron chi connectivity index (χ0n) is 74.7. The molecule has 4 N–H and O–H groups in total. The second kappa shape index (κ2) is 67.8. The van der Waals surface area contributed by atoms with Crippen molar-refractivity contribution in [1.82, 2.24) is 88.8 Å². The molecule has 0 amide bonds. The molecule has 0 spiro atoms. The van der Waals surface area contributed by atoms with Crippen LogP contribution in [-0.2, 0) is 29.5 Å². The van der Waals surface area contributed by atoms with Crippen LogP contribution in [0.3, 0.4) is 0 Å². The number of nitrogens with one attached hydrogen (secondary N) is 2. The molecule has 0 saturated heterocycles. The third kappa shape index (κ3) is 49.9. The molecule has 0 bridgehead atoms. The van der Waals surface area contributed by atoms with Crippen molar-refractivity contribution < 1.29 is 49.9 Å². The molecule has 9 aromatic heterocycles. The summed E-state index contributed by atoms with van der Waals surface area (Å²) >= 11 is 55.4. The number of nitrogen functional groups attached to an aromatic ring is 1. The molecular weight excluding hydrogens is 2090 g/mol. The number of alkyl halides is 1. The van der Waals surface area contributed by atoms with Crippen LogP contribution in [0.1, 0.15) is 217 Å². The molecule has 0 aromatic carbocycles. The van der Waals surface area contributed by atoms with Gasteiger partial charge in [-0.3, -0.25) is 83.8 Å². The maximum atomic E-state index is 12.5. The van der Waals surface area contributed by atoms with E-state index in [1.165, 1.54) is 78.4 Å². The highest BCUT2D eigenvalue weighted by Crippen LogP contribution is 2.34. The van der Waals surface area contributed by atoms with E-state index in [-0.39, 0.29) is 126 Å². The average molecular weight is 2210 g/mol. The predicted octanol–water partition coefficient (Wildman–Crippen LogP) is 21.9. The van der Waals surface area contributed by atoms with E-state index in [2.05, 4.69) is 166 Å². The van der Waals surface area contributed by atoms with E-state index in [0.717, 1.165) is 16.3 Å². The van der Waals surface area contributed by atoms with Gasteiger partial charge in [0.25, 0.3) is 5.03 Å². The van der Waals surface area contributed by atoms with Gasteiger partial charge in [0.15, 0.2) is 21.0 Å². The highest BCUT2D eigenvalue weighted by atomic mass is 127. The van der Waals surface area contributed by atoms with E-state index >= 15 is 0 Å². The third-order valence-corrected chi connectivity index (χ3v) is 22.2. The average Bonchev–Trinajstić information content (AvgIpc) is 1.76. The Morgan fingerprint density at radius 3 is 1.10 bits per heavy atom. The number of sulfone groups is 3. The van der Waals surface area contributed by atoms with Crippen LogP contribution in [0.15, 0.2) is 88.3 Å². The van der Waals surface area contributed by atoms with E-state index in [0.29, 0.717) is 26.2 Å². The van der Waals surface area contributed by atoms with Crippen molar-refractivity contribution in [1.29, 1.82) is 0 Å². The van der Waals surface area contributed by atoms with Gasteiger partial charge in [-0.25, -0.2) is 40.2 Å². The Morgan fingerprint density at radius 2 is 0.781 bits per heavy atom. The van der Waals surface area contributed by atoms with Gasteiger partial charge in [0.2, 0.25) is 50.3 Å². The van der Waals surface area contributed by atoms with Crippen LogP contribution >= 0.6 is 167 Å². The summed E-state index contributed by atoms with van der Waals surface area (Å²) < 4.78 is 82.4. The Kier molecular flexibility index (Phi) is 71.3. The van der Waals surface area contributed by atoms with Crippen molar-refractivity contribution in [3.8, 4) is 0 Å². The lowest BCUT2D eigenvalue weighted by atomic mass is 10.4. The molecule has 9 heterocycles. The minimum absolute atomic E-state index is 0. The van der Waals surface area contributed by atoms with Crippen molar-refractivity contribution in [2.45, 2.75) is 268 Å². The molecule has 0 aliphatic carbocycles. The van der Waals surface area contributed by atoms with Crippen LogP contribution in [0.2, 0.25) is 30.9 Å². The van der Waals surface area contributed by atoms with Crippen molar-refractivity contribution in [3.05, 3.63) is 150 Å². The quantitative estimate of drug-likeness (QED) is 0.00484. The van der Waals surface area contributed by atoms with Gasteiger partial charge in [-0.05, 0) is 178 Å². The third-order valence-electron chi connectivity index (χ3n) is 13.4. The first-order valence-electron chi connectivity index (χ1n) is 37.0. The lowest BCUT2D eigenvalue weighted by Gasteiger charge is -2.09. The molecule has 57 heteroatoms. The van der Waals surface area contributed by atoms with Gasteiger partial charge in [0.1, 0.15) is 42.2 Å². The second-order valence-corrected chi connectivity index (χ2v) is 41.9. The number of thiol groups is 5. The summed E-state index contributed by atoms with van der Waals surface area (Å²) in [6.45, 7) is 44.3.